The van der Waals surface area contributed by atoms with Gasteiger partial charge in [0.2, 0.25) is 5.16 Å². The Morgan fingerprint density at radius 2 is 1.86 bits per heavy atom. The van der Waals surface area contributed by atoms with Crippen molar-refractivity contribution >= 4 is 11.8 Å². The molecule has 0 amide bonds. The molecule has 0 unspecified atom stereocenters. The number of aryl methyl sites for hydroxylation is 1. The first-order valence-electron chi connectivity index (χ1n) is 6.58. The van der Waals surface area contributed by atoms with Crippen LogP contribution in [0.1, 0.15) is 11.1 Å². The summed E-state index contributed by atoms with van der Waals surface area (Å²) in [5.41, 5.74) is 2.93. The number of halogens is 1. The lowest BCUT2D eigenvalue weighted by molar-refractivity contribution is 0.630. The Morgan fingerprint density at radius 3 is 2.67 bits per heavy atom. The smallest absolute Gasteiger partial charge is 0.209 e. The van der Waals surface area contributed by atoms with E-state index in [1.54, 1.807) is 18.2 Å². The lowest BCUT2D eigenvalue weighted by Crippen LogP contribution is -1.86. The van der Waals surface area contributed by atoms with E-state index in [1.165, 1.54) is 29.0 Å². The topological polar surface area (TPSA) is 41.6 Å². The van der Waals surface area contributed by atoms with Crippen LogP contribution in [0.4, 0.5) is 4.39 Å². The van der Waals surface area contributed by atoms with E-state index in [4.69, 9.17) is 0 Å². The van der Waals surface area contributed by atoms with Crippen molar-refractivity contribution in [2.45, 2.75) is 17.8 Å². The molecular formula is C16H14FN3S. The van der Waals surface area contributed by atoms with Gasteiger partial charge in [0.05, 0.1) is 5.56 Å². The molecule has 0 aliphatic heterocycles. The molecule has 5 heteroatoms. The van der Waals surface area contributed by atoms with Gasteiger partial charge in [-0.1, -0.05) is 48.2 Å². The van der Waals surface area contributed by atoms with Crippen molar-refractivity contribution < 1.29 is 4.39 Å². The van der Waals surface area contributed by atoms with E-state index < -0.39 is 0 Å². The molecule has 2 aromatic carbocycles. The molecule has 3 nitrogen and oxygen atoms in total. The molecule has 106 valence electrons. The fraction of sp³-hybridized carbons (Fsp3) is 0.125. The zero-order valence-corrected chi connectivity index (χ0v) is 12.3. The van der Waals surface area contributed by atoms with Crippen LogP contribution < -0.4 is 0 Å². The Labute approximate surface area is 126 Å². The molecule has 1 N–H and O–H groups in total. The molecule has 0 fully saturated rings. The first kappa shape index (κ1) is 13.8. The highest BCUT2D eigenvalue weighted by Crippen LogP contribution is 2.24. The Kier molecular flexibility index (Phi) is 4.01. The third-order valence-electron chi connectivity index (χ3n) is 3.21. The van der Waals surface area contributed by atoms with E-state index in [0.717, 1.165) is 5.75 Å². The number of thioether (sulfide) groups is 1. The van der Waals surface area contributed by atoms with Crippen LogP contribution in [0.25, 0.3) is 11.4 Å². The van der Waals surface area contributed by atoms with Crippen molar-refractivity contribution in [2.24, 2.45) is 0 Å². The molecule has 0 radical (unpaired) electrons. The monoisotopic (exact) mass is 299 g/mol. The molecule has 1 aromatic heterocycles. The second kappa shape index (κ2) is 6.10. The van der Waals surface area contributed by atoms with Crippen LogP contribution in [-0.4, -0.2) is 15.2 Å². The summed E-state index contributed by atoms with van der Waals surface area (Å²) >= 11 is 1.53. The fourth-order valence-electron chi connectivity index (χ4n) is 2.00. The van der Waals surface area contributed by atoms with Crippen LogP contribution in [0.3, 0.4) is 0 Å². The van der Waals surface area contributed by atoms with Gasteiger partial charge < -0.3 is 0 Å². The van der Waals surface area contributed by atoms with Gasteiger partial charge in [0.25, 0.3) is 0 Å². The van der Waals surface area contributed by atoms with Crippen LogP contribution in [0.15, 0.2) is 53.7 Å². The minimum Gasteiger partial charge on any atom is -0.258 e. The van der Waals surface area contributed by atoms with E-state index >= 15 is 0 Å². The van der Waals surface area contributed by atoms with E-state index in [2.05, 4.69) is 34.2 Å². The van der Waals surface area contributed by atoms with Gasteiger partial charge in [0.15, 0.2) is 5.82 Å². The first-order valence-corrected chi connectivity index (χ1v) is 7.57. The quantitative estimate of drug-likeness (QED) is 0.734. The Morgan fingerprint density at radius 1 is 1.10 bits per heavy atom. The molecule has 0 saturated carbocycles. The van der Waals surface area contributed by atoms with Crippen molar-refractivity contribution in [3.63, 3.8) is 0 Å². The van der Waals surface area contributed by atoms with Gasteiger partial charge in [-0.2, -0.15) is 0 Å². The number of hydrogen-bond acceptors (Lipinski definition) is 3. The molecule has 1 heterocycles. The van der Waals surface area contributed by atoms with Crippen LogP contribution in [0.2, 0.25) is 0 Å². The second-order valence-electron chi connectivity index (χ2n) is 4.66. The third kappa shape index (κ3) is 3.13. The molecule has 3 rings (SSSR count). The molecule has 0 aliphatic rings. The number of hydrogen-bond donors (Lipinski definition) is 1. The zero-order valence-electron chi connectivity index (χ0n) is 11.5. The maximum Gasteiger partial charge on any atom is 0.209 e. The summed E-state index contributed by atoms with van der Waals surface area (Å²) in [6.07, 6.45) is 0. The van der Waals surface area contributed by atoms with Gasteiger partial charge in [-0.15, -0.1) is 5.10 Å². The van der Waals surface area contributed by atoms with E-state index in [0.29, 0.717) is 16.5 Å². The third-order valence-corrected chi connectivity index (χ3v) is 4.11. The van der Waals surface area contributed by atoms with Gasteiger partial charge in [-0.25, -0.2) is 9.37 Å². The molecular weight excluding hydrogens is 285 g/mol. The molecule has 0 aliphatic carbocycles. The maximum atomic E-state index is 13.7. The molecule has 0 spiro atoms. The van der Waals surface area contributed by atoms with Crippen LogP contribution in [0, 0.1) is 12.7 Å². The average Bonchev–Trinajstić information content (AvgIpc) is 2.96. The number of H-pyrrole nitrogens is 1. The number of nitrogens with zero attached hydrogens (tertiary/aromatic N) is 2. The summed E-state index contributed by atoms with van der Waals surface area (Å²) in [6, 6.07) is 14.7. The predicted octanol–water partition coefficient (Wildman–Crippen LogP) is 4.21. The average molecular weight is 299 g/mol. The number of aromatic amines is 1. The lowest BCUT2D eigenvalue weighted by atomic mass is 10.1. The molecule has 21 heavy (non-hydrogen) atoms. The van der Waals surface area contributed by atoms with Crippen molar-refractivity contribution in [1.29, 1.82) is 0 Å². The number of aromatic nitrogens is 3. The second-order valence-corrected chi connectivity index (χ2v) is 5.60. The SMILES string of the molecule is Cc1ccccc1CSc1n[nH]c(-c2ccccc2F)n1. The minimum atomic E-state index is -0.302. The fourth-order valence-corrected chi connectivity index (χ4v) is 2.87. The van der Waals surface area contributed by atoms with Gasteiger partial charge in [0.1, 0.15) is 5.82 Å². The Hall–Kier alpha value is -2.14. The summed E-state index contributed by atoms with van der Waals surface area (Å²) in [7, 11) is 0. The van der Waals surface area contributed by atoms with Gasteiger partial charge in [0, 0.05) is 5.75 Å². The highest BCUT2D eigenvalue weighted by molar-refractivity contribution is 7.98. The van der Waals surface area contributed by atoms with Crippen molar-refractivity contribution in [1.82, 2.24) is 15.2 Å². The van der Waals surface area contributed by atoms with Crippen LogP contribution >= 0.6 is 11.8 Å². The molecule has 3 aromatic rings. The highest BCUT2D eigenvalue weighted by Gasteiger charge is 2.10. The predicted molar refractivity (Wildman–Crippen MR) is 82.5 cm³/mol. The summed E-state index contributed by atoms with van der Waals surface area (Å²) in [4.78, 5) is 4.34. The molecule has 0 atom stereocenters. The summed E-state index contributed by atoms with van der Waals surface area (Å²) in [6.45, 7) is 2.08. The zero-order chi connectivity index (χ0) is 14.7. The van der Waals surface area contributed by atoms with Crippen molar-refractivity contribution in [3.8, 4) is 11.4 Å². The first-order chi connectivity index (χ1) is 10.2. The van der Waals surface area contributed by atoms with Crippen molar-refractivity contribution in [2.75, 3.05) is 0 Å². The minimum absolute atomic E-state index is 0.302. The van der Waals surface area contributed by atoms with E-state index in [9.17, 15) is 4.39 Å². The standard InChI is InChI=1S/C16H14FN3S/c1-11-6-2-3-7-12(11)10-21-16-18-15(19-20-16)13-8-4-5-9-14(13)17/h2-9H,10H2,1H3,(H,18,19,20). The highest BCUT2D eigenvalue weighted by atomic mass is 32.2. The summed E-state index contributed by atoms with van der Waals surface area (Å²) in [5.74, 6) is 0.950. The van der Waals surface area contributed by atoms with Crippen molar-refractivity contribution in [3.05, 3.63) is 65.5 Å². The maximum absolute atomic E-state index is 13.7. The van der Waals surface area contributed by atoms with Crippen LogP contribution in [-0.2, 0) is 5.75 Å². The largest absolute Gasteiger partial charge is 0.258 e. The number of nitrogens with one attached hydrogen (secondary N) is 1. The van der Waals surface area contributed by atoms with Gasteiger partial charge in [-0.05, 0) is 30.2 Å². The van der Waals surface area contributed by atoms with E-state index in [1.807, 2.05) is 12.1 Å². The normalized spacial score (nSPS) is 10.8. The lowest BCUT2D eigenvalue weighted by Gasteiger charge is -2.02. The molecule has 0 saturated heterocycles. The number of rotatable bonds is 4. The number of benzene rings is 2. The van der Waals surface area contributed by atoms with Gasteiger partial charge in [-0.3, -0.25) is 5.10 Å². The van der Waals surface area contributed by atoms with Crippen LogP contribution in [0.5, 0.6) is 0 Å². The van der Waals surface area contributed by atoms with Gasteiger partial charge >= 0.3 is 0 Å². The summed E-state index contributed by atoms with van der Waals surface area (Å²) in [5, 5.41) is 7.55. The summed E-state index contributed by atoms with van der Waals surface area (Å²) < 4.78 is 13.7. The molecule has 0 bridgehead atoms. The van der Waals surface area contributed by atoms with E-state index in [-0.39, 0.29) is 5.82 Å². The Balaban J connectivity index is 1.74. The Bertz CT molecular complexity index is 755.